The van der Waals surface area contributed by atoms with Crippen LogP contribution < -0.4 is 4.90 Å². The van der Waals surface area contributed by atoms with Gasteiger partial charge >= 0.3 is 0 Å². The maximum atomic E-state index is 11.3. The number of anilines is 1. The third-order valence-electron chi connectivity index (χ3n) is 3.97. The van der Waals surface area contributed by atoms with Crippen molar-refractivity contribution in [3.05, 3.63) is 33.9 Å². The van der Waals surface area contributed by atoms with E-state index in [2.05, 4.69) is 4.90 Å². The van der Waals surface area contributed by atoms with Crippen molar-refractivity contribution >= 4 is 11.4 Å². The summed E-state index contributed by atoms with van der Waals surface area (Å²) < 4.78 is 0. The Morgan fingerprint density at radius 1 is 1.40 bits per heavy atom. The number of nitro benzene ring substituents is 1. The second kappa shape index (κ2) is 6.38. The summed E-state index contributed by atoms with van der Waals surface area (Å²) in [6, 6.07) is 7.09. The molecule has 20 heavy (non-hydrogen) atoms. The normalized spacial score (nSPS) is 15.6. The van der Waals surface area contributed by atoms with E-state index in [0.29, 0.717) is 17.3 Å². The SMILES string of the molecule is CCN(c1ccc(C#N)cc1[N+](=O)[O-])C1CCCCC1. The number of hydrogen-bond donors (Lipinski definition) is 0. The average molecular weight is 273 g/mol. The Bertz CT molecular complexity index is 530. The number of nitriles is 1. The van der Waals surface area contributed by atoms with E-state index in [0.717, 1.165) is 19.4 Å². The fourth-order valence-electron chi connectivity index (χ4n) is 3.00. The summed E-state index contributed by atoms with van der Waals surface area (Å²) in [5, 5.41) is 20.2. The van der Waals surface area contributed by atoms with Gasteiger partial charge in [0, 0.05) is 18.7 Å². The molecular formula is C15H19N3O2. The molecule has 0 spiro atoms. The number of benzene rings is 1. The van der Waals surface area contributed by atoms with Crippen LogP contribution in [0.3, 0.4) is 0 Å². The predicted octanol–water partition coefficient (Wildman–Crippen LogP) is 3.63. The molecule has 1 aromatic carbocycles. The lowest BCUT2D eigenvalue weighted by atomic mass is 9.93. The molecule has 106 valence electrons. The molecule has 1 fully saturated rings. The van der Waals surface area contributed by atoms with Crippen molar-refractivity contribution in [2.45, 2.75) is 45.1 Å². The molecule has 1 saturated carbocycles. The molecule has 0 atom stereocenters. The van der Waals surface area contributed by atoms with Gasteiger partial charge in [0.05, 0.1) is 16.6 Å². The quantitative estimate of drug-likeness (QED) is 0.620. The van der Waals surface area contributed by atoms with Gasteiger partial charge in [-0.3, -0.25) is 10.1 Å². The van der Waals surface area contributed by atoms with Gasteiger partial charge in [0.25, 0.3) is 5.69 Å². The van der Waals surface area contributed by atoms with Crippen molar-refractivity contribution in [3.63, 3.8) is 0 Å². The lowest BCUT2D eigenvalue weighted by Crippen LogP contribution is -2.37. The van der Waals surface area contributed by atoms with Crippen molar-refractivity contribution in [2.24, 2.45) is 0 Å². The average Bonchev–Trinajstić information content (AvgIpc) is 2.49. The maximum absolute atomic E-state index is 11.3. The first-order valence-electron chi connectivity index (χ1n) is 7.12. The largest absolute Gasteiger partial charge is 0.363 e. The number of hydrogen-bond acceptors (Lipinski definition) is 4. The van der Waals surface area contributed by atoms with Crippen LogP contribution >= 0.6 is 0 Å². The number of nitrogens with zero attached hydrogens (tertiary/aromatic N) is 3. The van der Waals surface area contributed by atoms with E-state index in [1.165, 1.54) is 25.3 Å². The van der Waals surface area contributed by atoms with E-state index in [1.807, 2.05) is 13.0 Å². The van der Waals surface area contributed by atoms with E-state index in [4.69, 9.17) is 5.26 Å². The molecule has 0 aliphatic heterocycles. The van der Waals surface area contributed by atoms with Crippen LogP contribution in [0.25, 0.3) is 0 Å². The highest BCUT2D eigenvalue weighted by Gasteiger charge is 2.26. The van der Waals surface area contributed by atoms with Gasteiger partial charge in [-0.1, -0.05) is 19.3 Å². The van der Waals surface area contributed by atoms with Gasteiger partial charge in [0.2, 0.25) is 0 Å². The first-order valence-corrected chi connectivity index (χ1v) is 7.12. The summed E-state index contributed by atoms with van der Waals surface area (Å²) in [4.78, 5) is 13.0. The topological polar surface area (TPSA) is 70.2 Å². The van der Waals surface area contributed by atoms with E-state index >= 15 is 0 Å². The fourth-order valence-corrected chi connectivity index (χ4v) is 3.00. The summed E-state index contributed by atoms with van der Waals surface area (Å²) in [5.41, 5.74) is 1.01. The standard InChI is InChI=1S/C15H19N3O2/c1-2-17(13-6-4-3-5-7-13)14-9-8-12(11-16)10-15(14)18(19)20/h8-10,13H,2-7H2,1H3. The first kappa shape index (κ1) is 14.3. The fraction of sp³-hybridized carbons (Fsp3) is 0.533. The summed E-state index contributed by atoms with van der Waals surface area (Å²) in [6.45, 7) is 2.77. The van der Waals surface area contributed by atoms with Gasteiger partial charge in [-0.25, -0.2) is 0 Å². The van der Waals surface area contributed by atoms with Crippen LogP contribution in [-0.4, -0.2) is 17.5 Å². The molecule has 0 unspecified atom stereocenters. The minimum absolute atomic E-state index is 0.0384. The monoisotopic (exact) mass is 273 g/mol. The Balaban J connectivity index is 2.38. The molecule has 5 nitrogen and oxygen atoms in total. The minimum atomic E-state index is -0.387. The molecule has 1 aliphatic rings. The molecule has 0 bridgehead atoms. The lowest BCUT2D eigenvalue weighted by molar-refractivity contribution is -0.384. The highest BCUT2D eigenvalue weighted by Crippen LogP contribution is 2.34. The van der Waals surface area contributed by atoms with E-state index in [1.54, 1.807) is 12.1 Å². The van der Waals surface area contributed by atoms with Crippen LogP contribution in [0.2, 0.25) is 0 Å². The highest BCUT2D eigenvalue weighted by molar-refractivity contribution is 5.66. The molecular weight excluding hydrogens is 254 g/mol. The second-order valence-corrected chi connectivity index (χ2v) is 5.15. The van der Waals surface area contributed by atoms with Crippen molar-refractivity contribution in [2.75, 3.05) is 11.4 Å². The van der Waals surface area contributed by atoms with Gasteiger partial charge in [0.15, 0.2) is 0 Å². The molecule has 5 heteroatoms. The van der Waals surface area contributed by atoms with Crippen LogP contribution in [0.5, 0.6) is 0 Å². The lowest BCUT2D eigenvalue weighted by Gasteiger charge is -2.35. The van der Waals surface area contributed by atoms with Crippen molar-refractivity contribution < 1.29 is 4.92 Å². The highest BCUT2D eigenvalue weighted by atomic mass is 16.6. The van der Waals surface area contributed by atoms with E-state index < -0.39 is 0 Å². The summed E-state index contributed by atoms with van der Waals surface area (Å²) in [7, 11) is 0. The zero-order chi connectivity index (χ0) is 14.5. The van der Waals surface area contributed by atoms with Crippen LogP contribution in [0.4, 0.5) is 11.4 Å². The Hall–Kier alpha value is -2.09. The predicted molar refractivity (Wildman–Crippen MR) is 77.7 cm³/mol. The third kappa shape index (κ3) is 2.90. The first-order chi connectivity index (χ1) is 9.67. The van der Waals surface area contributed by atoms with Gasteiger partial charge in [-0.05, 0) is 31.9 Å². The Morgan fingerprint density at radius 2 is 2.10 bits per heavy atom. The summed E-state index contributed by atoms with van der Waals surface area (Å²) in [5.74, 6) is 0. The summed E-state index contributed by atoms with van der Waals surface area (Å²) in [6.07, 6.45) is 5.80. The van der Waals surface area contributed by atoms with Crippen LogP contribution in [0, 0.1) is 21.4 Å². The van der Waals surface area contributed by atoms with Crippen molar-refractivity contribution in [1.82, 2.24) is 0 Å². The smallest absolute Gasteiger partial charge is 0.293 e. The molecule has 2 rings (SSSR count). The van der Waals surface area contributed by atoms with E-state index in [-0.39, 0.29) is 10.6 Å². The molecule has 0 saturated heterocycles. The molecule has 1 aliphatic carbocycles. The van der Waals surface area contributed by atoms with Crippen molar-refractivity contribution in [3.8, 4) is 6.07 Å². The zero-order valence-electron chi connectivity index (χ0n) is 11.7. The minimum Gasteiger partial charge on any atom is -0.363 e. The molecule has 0 amide bonds. The van der Waals surface area contributed by atoms with Crippen LogP contribution in [0.1, 0.15) is 44.6 Å². The zero-order valence-corrected chi connectivity index (χ0v) is 11.7. The summed E-state index contributed by atoms with van der Waals surface area (Å²) >= 11 is 0. The molecule has 0 N–H and O–H groups in total. The molecule has 0 heterocycles. The maximum Gasteiger partial charge on any atom is 0.293 e. The molecule has 1 aromatic rings. The Morgan fingerprint density at radius 3 is 2.65 bits per heavy atom. The molecule has 0 aromatic heterocycles. The number of rotatable bonds is 4. The second-order valence-electron chi connectivity index (χ2n) is 5.15. The van der Waals surface area contributed by atoms with E-state index in [9.17, 15) is 10.1 Å². The Kier molecular flexibility index (Phi) is 4.57. The third-order valence-corrected chi connectivity index (χ3v) is 3.97. The number of nitro groups is 1. The Labute approximate surface area is 119 Å². The van der Waals surface area contributed by atoms with Gasteiger partial charge in [0.1, 0.15) is 5.69 Å². The van der Waals surface area contributed by atoms with Gasteiger partial charge in [-0.15, -0.1) is 0 Å². The van der Waals surface area contributed by atoms with Gasteiger partial charge in [-0.2, -0.15) is 5.26 Å². The van der Waals surface area contributed by atoms with Crippen LogP contribution in [0.15, 0.2) is 18.2 Å². The van der Waals surface area contributed by atoms with Crippen molar-refractivity contribution in [1.29, 1.82) is 5.26 Å². The molecule has 0 radical (unpaired) electrons. The van der Waals surface area contributed by atoms with Crippen LogP contribution in [-0.2, 0) is 0 Å². The van der Waals surface area contributed by atoms with Gasteiger partial charge < -0.3 is 4.90 Å².